The molecule has 1 aromatic carbocycles. The van der Waals surface area contributed by atoms with Gasteiger partial charge >= 0.3 is 0 Å². The molecule has 0 heterocycles. The zero-order chi connectivity index (χ0) is 13.7. The monoisotopic (exact) mass is 244 g/mol. The highest BCUT2D eigenvalue weighted by Gasteiger charge is 2.13. The van der Waals surface area contributed by atoms with Crippen LogP contribution in [-0.4, -0.2) is 20.6 Å². The van der Waals surface area contributed by atoms with Crippen LogP contribution >= 0.6 is 0 Å². The highest BCUT2D eigenvalue weighted by atomic mass is 15.1. The smallest absolute Gasteiger partial charge is 0.0406 e. The van der Waals surface area contributed by atoms with Gasteiger partial charge < -0.3 is 10.6 Å². The highest BCUT2D eigenvalue weighted by molar-refractivity contribution is 5.69. The number of nitrogens with two attached hydrogens (primary N) is 1. The van der Waals surface area contributed by atoms with Gasteiger partial charge in [0.05, 0.1) is 0 Å². The van der Waals surface area contributed by atoms with Gasteiger partial charge in [-0.25, -0.2) is 0 Å². The first-order valence-corrected chi connectivity index (χ1v) is 6.37. The van der Waals surface area contributed by atoms with Crippen molar-refractivity contribution in [3.05, 3.63) is 48.6 Å². The number of hydrogen-bond donors (Lipinski definition) is 1. The van der Waals surface area contributed by atoms with Crippen molar-refractivity contribution < 1.29 is 0 Å². The maximum Gasteiger partial charge on any atom is 0.0406 e. The summed E-state index contributed by atoms with van der Waals surface area (Å²) in [4.78, 5) is 2.12. The number of allylic oxidation sites excluding steroid dienone is 1. The van der Waals surface area contributed by atoms with Gasteiger partial charge in [-0.05, 0) is 29.2 Å². The fraction of sp³-hybridized carbons (Fsp3) is 0.375. The quantitative estimate of drug-likeness (QED) is 0.777. The number of anilines is 1. The molecule has 18 heavy (non-hydrogen) atoms. The van der Waals surface area contributed by atoms with E-state index in [2.05, 4.69) is 43.2 Å². The molecule has 0 aromatic heterocycles. The first kappa shape index (κ1) is 14.5. The molecule has 1 aromatic rings. The predicted molar refractivity (Wildman–Crippen MR) is 82.1 cm³/mol. The van der Waals surface area contributed by atoms with Crippen LogP contribution in [0.5, 0.6) is 0 Å². The third-order valence-corrected chi connectivity index (χ3v) is 3.29. The van der Waals surface area contributed by atoms with Crippen LogP contribution in [0, 0.1) is 0 Å². The van der Waals surface area contributed by atoms with Crippen LogP contribution in [0.1, 0.15) is 30.4 Å². The molecule has 0 amide bonds. The first-order chi connectivity index (χ1) is 8.54. The van der Waals surface area contributed by atoms with Crippen molar-refractivity contribution in [2.45, 2.75) is 19.3 Å². The van der Waals surface area contributed by atoms with Gasteiger partial charge in [0.2, 0.25) is 0 Å². The number of hydrogen-bond acceptors (Lipinski definition) is 2. The maximum absolute atomic E-state index is 5.80. The zero-order valence-electron chi connectivity index (χ0n) is 11.7. The topological polar surface area (TPSA) is 29.3 Å². The van der Waals surface area contributed by atoms with E-state index in [4.69, 9.17) is 5.73 Å². The summed E-state index contributed by atoms with van der Waals surface area (Å²) >= 11 is 0. The molecule has 1 unspecified atom stereocenters. The van der Waals surface area contributed by atoms with Crippen LogP contribution in [0.3, 0.4) is 0 Å². The van der Waals surface area contributed by atoms with E-state index in [1.807, 2.05) is 20.2 Å². The van der Waals surface area contributed by atoms with Crippen molar-refractivity contribution in [2.24, 2.45) is 5.73 Å². The Labute approximate surface area is 111 Å². The second-order valence-electron chi connectivity index (χ2n) is 4.70. The molecule has 2 heteroatoms. The molecular formula is C16H24N2. The minimum atomic E-state index is 0.200. The largest absolute Gasteiger partial charge is 0.377 e. The Morgan fingerprint density at radius 3 is 2.56 bits per heavy atom. The van der Waals surface area contributed by atoms with E-state index < -0.39 is 0 Å². The Balaban J connectivity index is 3.28. The predicted octanol–water partition coefficient (Wildman–Crippen LogP) is 3.40. The Morgan fingerprint density at radius 1 is 1.44 bits per heavy atom. The van der Waals surface area contributed by atoms with Gasteiger partial charge in [-0.15, -0.1) is 6.58 Å². The molecule has 0 aliphatic carbocycles. The lowest BCUT2D eigenvalue weighted by atomic mass is 9.93. The third-order valence-electron chi connectivity index (χ3n) is 3.29. The summed E-state index contributed by atoms with van der Waals surface area (Å²) in [6.07, 6.45) is 2.88. The van der Waals surface area contributed by atoms with Gasteiger partial charge in [-0.1, -0.05) is 31.7 Å². The summed E-state index contributed by atoms with van der Waals surface area (Å²) in [6.45, 7) is 10.7. The van der Waals surface area contributed by atoms with Crippen LogP contribution in [0.25, 0.3) is 5.57 Å². The molecule has 98 valence electrons. The Kier molecular flexibility index (Phi) is 5.17. The molecule has 0 saturated heterocycles. The molecule has 0 fully saturated rings. The molecule has 2 N–H and O–H groups in total. The van der Waals surface area contributed by atoms with Crippen molar-refractivity contribution in [2.75, 3.05) is 25.5 Å². The van der Waals surface area contributed by atoms with E-state index in [9.17, 15) is 0 Å². The van der Waals surface area contributed by atoms with Gasteiger partial charge in [-0.2, -0.15) is 0 Å². The molecule has 0 spiro atoms. The number of nitrogens with zero attached hydrogens (tertiary/aromatic N) is 1. The number of rotatable bonds is 6. The Hall–Kier alpha value is -1.54. The first-order valence-electron chi connectivity index (χ1n) is 6.37. The van der Waals surface area contributed by atoms with Gasteiger partial charge in [-0.3, -0.25) is 0 Å². The van der Waals surface area contributed by atoms with E-state index in [1.165, 1.54) is 16.8 Å². The second kappa shape index (κ2) is 6.41. The number of benzene rings is 1. The van der Waals surface area contributed by atoms with Crippen LogP contribution in [0.15, 0.2) is 37.4 Å². The Morgan fingerprint density at radius 2 is 2.11 bits per heavy atom. The summed E-state index contributed by atoms with van der Waals surface area (Å²) in [5.74, 6) is 0.200. The minimum absolute atomic E-state index is 0.200. The standard InChI is InChI=1S/C16H24N2/c1-6-12(3)14-8-9-15(13(7-2)11-17)16(10-14)18(4)5/h7-10,13H,2-3,6,11,17H2,1,4-5H3. The van der Waals surface area contributed by atoms with E-state index in [0.717, 1.165) is 12.0 Å². The summed E-state index contributed by atoms with van der Waals surface area (Å²) in [5, 5.41) is 0. The zero-order valence-corrected chi connectivity index (χ0v) is 11.7. The molecule has 0 aliphatic rings. The SMILES string of the molecule is C=CC(CN)c1ccc(C(=C)CC)cc1N(C)C. The van der Waals surface area contributed by atoms with Crippen molar-refractivity contribution >= 4 is 11.3 Å². The summed E-state index contributed by atoms with van der Waals surface area (Å²) in [6, 6.07) is 6.46. The molecule has 2 nitrogen and oxygen atoms in total. The molecule has 1 atom stereocenters. The van der Waals surface area contributed by atoms with Gasteiger partial charge in [0.15, 0.2) is 0 Å². The summed E-state index contributed by atoms with van der Waals surface area (Å²) in [5.41, 5.74) is 10.6. The third kappa shape index (κ3) is 3.02. The maximum atomic E-state index is 5.80. The summed E-state index contributed by atoms with van der Waals surface area (Å²) < 4.78 is 0. The van der Waals surface area contributed by atoms with Crippen molar-refractivity contribution in [3.8, 4) is 0 Å². The fourth-order valence-corrected chi connectivity index (χ4v) is 2.02. The van der Waals surface area contributed by atoms with Crippen LogP contribution < -0.4 is 10.6 Å². The molecule has 0 bridgehead atoms. The minimum Gasteiger partial charge on any atom is -0.377 e. The lowest BCUT2D eigenvalue weighted by Gasteiger charge is -2.22. The summed E-state index contributed by atoms with van der Waals surface area (Å²) in [7, 11) is 4.10. The molecular weight excluding hydrogens is 220 g/mol. The van der Waals surface area contributed by atoms with Gasteiger partial charge in [0, 0.05) is 32.2 Å². The van der Waals surface area contributed by atoms with E-state index >= 15 is 0 Å². The average molecular weight is 244 g/mol. The van der Waals surface area contributed by atoms with Crippen LogP contribution in [-0.2, 0) is 0 Å². The molecule has 0 radical (unpaired) electrons. The van der Waals surface area contributed by atoms with E-state index in [-0.39, 0.29) is 5.92 Å². The molecule has 0 aliphatic heterocycles. The Bertz CT molecular complexity index is 433. The van der Waals surface area contributed by atoms with Crippen LogP contribution in [0.4, 0.5) is 5.69 Å². The van der Waals surface area contributed by atoms with E-state index in [0.29, 0.717) is 6.54 Å². The van der Waals surface area contributed by atoms with Crippen molar-refractivity contribution in [1.29, 1.82) is 0 Å². The van der Waals surface area contributed by atoms with Gasteiger partial charge in [0.1, 0.15) is 0 Å². The molecule has 1 rings (SSSR count). The molecule has 0 saturated carbocycles. The lowest BCUT2D eigenvalue weighted by Crippen LogP contribution is -2.17. The van der Waals surface area contributed by atoms with Crippen molar-refractivity contribution in [1.82, 2.24) is 0 Å². The lowest BCUT2D eigenvalue weighted by molar-refractivity contribution is 0.845. The van der Waals surface area contributed by atoms with Crippen molar-refractivity contribution in [3.63, 3.8) is 0 Å². The second-order valence-corrected chi connectivity index (χ2v) is 4.70. The highest BCUT2D eigenvalue weighted by Crippen LogP contribution is 2.30. The van der Waals surface area contributed by atoms with Crippen LogP contribution in [0.2, 0.25) is 0 Å². The fourth-order valence-electron chi connectivity index (χ4n) is 2.02. The van der Waals surface area contributed by atoms with Gasteiger partial charge in [0.25, 0.3) is 0 Å². The van der Waals surface area contributed by atoms with E-state index in [1.54, 1.807) is 0 Å². The normalized spacial score (nSPS) is 12.0. The average Bonchev–Trinajstić information content (AvgIpc) is 2.39.